The van der Waals surface area contributed by atoms with E-state index in [2.05, 4.69) is 13.8 Å². The number of carbonyl (C=O) groups excluding carboxylic acids is 1. The fraction of sp³-hybridized carbons (Fsp3) is 0.353. The second kappa shape index (κ2) is 10.2. The van der Waals surface area contributed by atoms with Crippen LogP contribution in [0.3, 0.4) is 0 Å². The number of aliphatic imine (C=N–C) groups is 1. The average Bonchev–Trinajstić information content (AvgIpc) is 3.44. The molecule has 6 heteroatoms. The fourth-order valence-electron chi connectivity index (χ4n) is 7.50. The second-order valence-corrected chi connectivity index (χ2v) is 13.9. The lowest BCUT2D eigenvalue weighted by atomic mass is 9.69. The van der Waals surface area contributed by atoms with E-state index in [-0.39, 0.29) is 22.6 Å². The molecule has 1 aliphatic heterocycles. The maximum Gasteiger partial charge on any atom is 0.261 e. The lowest BCUT2D eigenvalue weighted by Crippen LogP contribution is -2.47. The highest BCUT2D eigenvalue weighted by Gasteiger charge is 2.72. The third kappa shape index (κ3) is 4.43. The predicted molar refractivity (Wildman–Crippen MR) is 160 cm³/mol. The lowest BCUT2D eigenvalue weighted by molar-refractivity contribution is -0.130. The zero-order valence-electron chi connectivity index (χ0n) is 23.1. The Balaban J connectivity index is 1.42. The molecule has 4 atom stereocenters. The first-order chi connectivity index (χ1) is 19.2. The zero-order valence-corrected chi connectivity index (χ0v) is 23.9. The van der Waals surface area contributed by atoms with Crippen LogP contribution in [0.15, 0.2) is 102 Å². The van der Waals surface area contributed by atoms with Crippen molar-refractivity contribution in [3.05, 3.63) is 114 Å². The van der Waals surface area contributed by atoms with E-state index in [4.69, 9.17) is 4.99 Å². The molecule has 0 N–H and O–H groups in total. The van der Waals surface area contributed by atoms with Gasteiger partial charge in [-0.05, 0) is 42.6 Å². The highest BCUT2D eigenvalue weighted by atomic mass is 32.2. The van der Waals surface area contributed by atoms with E-state index >= 15 is 0 Å². The van der Waals surface area contributed by atoms with Gasteiger partial charge in [0.15, 0.2) is 0 Å². The first-order valence-electron chi connectivity index (χ1n) is 14.2. The molecule has 0 unspecified atom stereocenters. The molecule has 1 amide bonds. The molecule has 40 heavy (non-hydrogen) atoms. The zero-order chi connectivity index (χ0) is 28.0. The van der Waals surface area contributed by atoms with Gasteiger partial charge >= 0.3 is 0 Å². The minimum atomic E-state index is -3.76. The van der Waals surface area contributed by atoms with Crippen LogP contribution in [0, 0.1) is 16.7 Å². The Morgan fingerprint density at radius 1 is 0.950 bits per heavy atom. The number of amides is 1. The fourth-order valence-corrected chi connectivity index (χ4v) is 10.1. The number of fused-ring (bicyclic) bond motifs is 1. The summed E-state index contributed by atoms with van der Waals surface area (Å²) in [5.74, 6) is 0.0835. The van der Waals surface area contributed by atoms with Gasteiger partial charge in [0.1, 0.15) is 6.04 Å². The third-order valence-electron chi connectivity index (χ3n) is 9.76. The first-order valence-corrected chi connectivity index (χ1v) is 15.8. The van der Waals surface area contributed by atoms with Crippen LogP contribution in [-0.2, 0) is 14.8 Å². The Morgan fingerprint density at radius 2 is 1.52 bits per heavy atom. The number of hydrogen-bond acceptors (Lipinski definition) is 4. The van der Waals surface area contributed by atoms with Gasteiger partial charge < -0.3 is 0 Å². The van der Waals surface area contributed by atoms with Crippen LogP contribution in [0.25, 0.3) is 6.08 Å². The van der Waals surface area contributed by atoms with Gasteiger partial charge in [-0.15, -0.1) is 0 Å². The molecule has 206 valence electrons. The molecule has 1 spiro atoms. The lowest BCUT2D eigenvalue weighted by Gasteiger charge is -2.37. The smallest absolute Gasteiger partial charge is 0.261 e. The molecular weight excluding hydrogens is 516 g/mol. The van der Waals surface area contributed by atoms with Crippen molar-refractivity contribution >= 4 is 27.7 Å². The maximum atomic E-state index is 14.4. The number of carbonyl (C=O) groups is 1. The van der Waals surface area contributed by atoms with Crippen molar-refractivity contribution in [2.45, 2.75) is 51.6 Å². The van der Waals surface area contributed by atoms with Crippen molar-refractivity contribution in [1.29, 1.82) is 0 Å². The summed E-state index contributed by atoms with van der Waals surface area (Å²) in [4.78, 5) is 19.5. The van der Waals surface area contributed by atoms with Crippen LogP contribution < -0.4 is 0 Å². The third-order valence-corrected chi connectivity index (χ3v) is 11.7. The largest absolute Gasteiger partial charge is 0.271 e. The van der Waals surface area contributed by atoms with E-state index in [1.165, 1.54) is 4.31 Å². The summed E-state index contributed by atoms with van der Waals surface area (Å²) in [6, 6.07) is 28.4. The van der Waals surface area contributed by atoms with Gasteiger partial charge in [-0.2, -0.15) is 0 Å². The highest BCUT2D eigenvalue weighted by Crippen LogP contribution is 2.70. The Labute approximate surface area is 237 Å². The number of benzene rings is 3. The Hall–Kier alpha value is -3.51. The number of sulfonamides is 1. The van der Waals surface area contributed by atoms with Crippen LogP contribution in [-0.4, -0.2) is 42.2 Å². The van der Waals surface area contributed by atoms with Gasteiger partial charge in [-0.1, -0.05) is 117 Å². The number of nitrogens with zero attached hydrogens (tertiary/aromatic N) is 2. The quantitative estimate of drug-likeness (QED) is 0.320. The molecule has 3 aromatic carbocycles. The van der Waals surface area contributed by atoms with Crippen LogP contribution in [0.5, 0.6) is 0 Å². The number of hydrogen-bond donors (Lipinski definition) is 0. The Kier molecular flexibility index (Phi) is 6.78. The van der Waals surface area contributed by atoms with Crippen LogP contribution in [0.4, 0.5) is 0 Å². The Morgan fingerprint density at radius 3 is 2.10 bits per heavy atom. The summed E-state index contributed by atoms with van der Waals surface area (Å²) in [5, 5.41) is 0. The molecular formula is C34H36N2O3S. The monoisotopic (exact) mass is 552 g/mol. The molecule has 3 aliphatic rings. The molecule has 0 radical (unpaired) electrons. The average molecular weight is 553 g/mol. The highest BCUT2D eigenvalue weighted by molar-refractivity contribution is 7.90. The molecule has 0 aromatic heterocycles. The molecule has 5 nitrogen and oxygen atoms in total. The first kappa shape index (κ1) is 26.7. The predicted octanol–water partition coefficient (Wildman–Crippen LogP) is 6.36. The van der Waals surface area contributed by atoms with Crippen molar-refractivity contribution in [3.63, 3.8) is 0 Å². The molecule has 2 bridgehead atoms. The second-order valence-electron chi connectivity index (χ2n) is 12.0. The van der Waals surface area contributed by atoms with Crippen LogP contribution in [0.1, 0.15) is 56.2 Å². The maximum absolute atomic E-state index is 14.4. The molecule has 3 aromatic rings. The molecule has 1 heterocycles. The summed E-state index contributed by atoms with van der Waals surface area (Å²) in [6.07, 6.45) is 6.86. The van der Waals surface area contributed by atoms with Gasteiger partial charge in [-0.25, -0.2) is 12.7 Å². The van der Waals surface area contributed by atoms with E-state index < -0.39 is 22.0 Å². The van der Waals surface area contributed by atoms with E-state index in [9.17, 15) is 13.2 Å². The summed E-state index contributed by atoms with van der Waals surface area (Å²) >= 11 is 0. The van der Waals surface area contributed by atoms with Crippen LogP contribution >= 0.6 is 0 Å². The van der Waals surface area contributed by atoms with Crippen molar-refractivity contribution in [2.75, 3.05) is 5.75 Å². The van der Waals surface area contributed by atoms with Crippen molar-refractivity contribution in [2.24, 2.45) is 21.7 Å². The minimum Gasteiger partial charge on any atom is -0.271 e. The van der Waals surface area contributed by atoms with E-state index in [1.807, 2.05) is 103 Å². The summed E-state index contributed by atoms with van der Waals surface area (Å²) in [7, 11) is -3.76. The van der Waals surface area contributed by atoms with Gasteiger partial charge in [0, 0.05) is 16.5 Å². The van der Waals surface area contributed by atoms with Crippen LogP contribution in [0.2, 0.25) is 0 Å². The standard InChI is InChI=1S/C34H36N2O3S/c1-33(2)28-21-22-34(33)24-40(38,39)36(30(34)23-28)32(37)29(20-12-15-25-13-6-3-7-14-25)35-31(26-16-8-4-9-17-26)27-18-10-5-11-19-27/h3-19,28-30H,20-24H2,1-2H3/b15-12+/t28-,29+,30+,34-/m1/s1. The summed E-state index contributed by atoms with van der Waals surface area (Å²) in [6.45, 7) is 4.41. The minimum absolute atomic E-state index is 0.0560. The van der Waals surface area contributed by atoms with Gasteiger partial charge in [0.2, 0.25) is 10.0 Å². The van der Waals surface area contributed by atoms with E-state index in [0.717, 1.165) is 36.0 Å². The molecule has 1 saturated heterocycles. The van der Waals surface area contributed by atoms with Crippen molar-refractivity contribution in [1.82, 2.24) is 4.31 Å². The Bertz CT molecular complexity index is 1510. The van der Waals surface area contributed by atoms with Gasteiger partial charge in [-0.3, -0.25) is 9.79 Å². The van der Waals surface area contributed by atoms with Gasteiger partial charge in [0.25, 0.3) is 5.91 Å². The van der Waals surface area contributed by atoms with Crippen molar-refractivity contribution < 1.29 is 13.2 Å². The SMILES string of the molecule is CC1(C)[C@@H]2CC[C@]13CS(=O)(=O)N(C(=O)[C@H](C/C=C/c1ccccc1)N=C(c1ccccc1)c1ccccc1)[C@H]3C2. The topological polar surface area (TPSA) is 66.8 Å². The van der Waals surface area contributed by atoms with Crippen molar-refractivity contribution in [3.8, 4) is 0 Å². The molecule has 2 aliphatic carbocycles. The normalized spacial score (nSPS) is 26.5. The molecule has 2 saturated carbocycles. The summed E-state index contributed by atoms with van der Waals surface area (Å²) in [5.41, 5.74) is 3.01. The molecule has 6 rings (SSSR count). The number of rotatable bonds is 7. The van der Waals surface area contributed by atoms with E-state index in [0.29, 0.717) is 18.1 Å². The summed E-state index contributed by atoms with van der Waals surface area (Å²) < 4.78 is 28.8. The van der Waals surface area contributed by atoms with Gasteiger partial charge in [0.05, 0.1) is 17.5 Å². The van der Waals surface area contributed by atoms with E-state index in [1.54, 1.807) is 0 Å². The molecule has 3 fully saturated rings.